The Labute approximate surface area is 247 Å². The molecule has 1 saturated carbocycles. The van der Waals surface area contributed by atoms with E-state index >= 15 is 0 Å². The molecule has 0 spiro atoms. The zero-order valence-corrected chi connectivity index (χ0v) is 24.6. The number of rotatable bonds is 14. The van der Waals surface area contributed by atoms with Gasteiger partial charge in [-0.15, -0.1) is 0 Å². The van der Waals surface area contributed by atoms with E-state index in [4.69, 9.17) is 9.47 Å². The van der Waals surface area contributed by atoms with Gasteiger partial charge in [0.15, 0.2) is 0 Å². The Balaban J connectivity index is 1.04. The molecule has 1 aliphatic heterocycles. The maximum Gasteiger partial charge on any atom is 0.251 e. The lowest BCUT2D eigenvalue weighted by molar-refractivity contribution is -0.128. The number of nitrogens with one attached hydrogen (secondary N) is 2. The normalized spacial score (nSPS) is 22.1. The highest BCUT2D eigenvalue weighted by atomic mass is 16.5. The molecule has 2 heterocycles. The predicted octanol–water partition coefficient (Wildman–Crippen LogP) is 3.04. The minimum Gasteiger partial charge on any atom is -0.377 e. The van der Waals surface area contributed by atoms with Crippen LogP contribution < -0.4 is 10.6 Å². The average Bonchev–Trinajstić information content (AvgIpc) is 3.32. The lowest BCUT2D eigenvalue weighted by Crippen LogP contribution is -2.36. The number of ketones is 1. The minimum absolute atomic E-state index is 0.0632. The third kappa shape index (κ3) is 8.45. The molecular weight excluding hydrogens is 536 g/mol. The molecule has 2 aliphatic rings. The molecule has 1 saturated heterocycles. The molecule has 4 rings (SSSR count). The smallest absolute Gasteiger partial charge is 0.251 e. The maximum atomic E-state index is 12.8. The van der Waals surface area contributed by atoms with Crippen molar-refractivity contribution in [1.29, 1.82) is 0 Å². The van der Waals surface area contributed by atoms with Gasteiger partial charge in [-0.1, -0.05) is 18.2 Å². The van der Waals surface area contributed by atoms with Crippen molar-refractivity contribution in [2.24, 2.45) is 11.8 Å². The fourth-order valence-corrected chi connectivity index (χ4v) is 5.89. The van der Waals surface area contributed by atoms with Crippen LogP contribution in [0.2, 0.25) is 0 Å². The summed E-state index contributed by atoms with van der Waals surface area (Å²) in [7, 11) is 1.71. The maximum absolute atomic E-state index is 12.8. The first kappa shape index (κ1) is 31.3. The van der Waals surface area contributed by atoms with Crippen LogP contribution in [0.25, 0.3) is 0 Å². The number of aromatic nitrogens is 1. The van der Waals surface area contributed by atoms with Crippen molar-refractivity contribution >= 4 is 23.5 Å². The second-order valence-electron chi connectivity index (χ2n) is 11.1. The van der Waals surface area contributed by atoms with Crippen molar-refractivity contribution in [3.63, 3.8) is 0 Å². The number of pyridine rings is 1. The molecule has 0 unspecified atom stereocenters. The monoisotopic (exact) mass is 578 g/mol. The first-order valence-electron chi connectivity index (χ1n) is 14.8. The van der Waals surface area contributed by atoms with Gasteiger partial charge in [-0.2, -0.15) is 0 Å². The zero-order chi connectivity index (χ0) is 29.9. The fraction of sp³-hybridized carbons (Fsp3) is 0.531. The number of amides is 3. The Bertz CT molecular complexity index is 1200. The van der Waals surface area contributed by atoms with E-state index in [1.54, 1.807) is 37.3 Å². The molecule has 42 heavy (non-hydrogen) atoms. The van der Waals surface area contributed by atoms with Gasteiger partial charge in [0.25, 0.3) is 5.91 Å². The molecule has 1 aromatic heterocycles. The molecule has 0 radical (unpaired) electrons. The molecule has 0 bridgehead atoms. The number of hydrogen-bond donors (Lipinski definition) is 2. The summed E-state index contributed by atoms with van der Waals surface area (Å²) in [6.07, 6.45) is 7.44. The third-order valence-electron chi connectivity index (χ3n) is 8.34. The fourth-order valence-electron chi connectivity index (χ4n) is 5.89. The van der Waals surface area contributed by atoms with Crippen LogP contribution in [0.15, 0.2) is 48.8 Å². The van der Waals surface area contributed by atoms with Crippen molar-refractivity contribution in [1.82, 2.24) is 20.5 Å². The number of hydrogen-bond acceptors (Lipinski definition) is 7. The molecule has 1 aromatic carbocycles. The number of nitrogens with zero attached hydrogens (tertiary/aromatic N) is 2. The Hall–Kier alpha value is -3.63. The van der Waals surface area contributed by atoms with E-state index in [9.17, 15) is 19.2 Å². The number of benzene rings is 1. The topological polar surface area (TPSA) is 127 Å². The van der Waals surface area contributed by atoms with Crippen molar-refractivity contribution in [3.8, 4) is 0 Å². The third-order valence-corrected chi connectivity index (χ3v) is 8.34. The summed E-state index contributed by atoms with van der Waals surface area (Å²) in [5, 5.41) is 5.74. The van der Waals surface area contributed by atoms with Crippen LogP contribution in [0.3, 0.4) is 0 Å². The molecule has 10 heteroatoms. The summed E-state index contributed by atoms with van der Waals surface area (Å²) in [4.78, 5) is 54.8. The standard InChI is InChI=1S/C32H42N4O6/c1-22(37)23-5-7-24(8-6-23)25-9-11-26(12-10-25)31(39)34-14-16-41-18-19-42-17-15-35-32(40)28-20-29(38)36(2)30(28)27-4-3-13-33-21-27/h3-4,9-13,21,23-24,28,30H,5-8,14-20H2,1-2H3,(H,34,39)(H,35,40)/t23?,24?,28-,30+/m0/s1. The van der Waals surface area contributed by atoms with Gasteiger partial charge in [-0.25, -0.2) is 0 Å². The molecule has 10 nitrogen and oxygen atoms in total. The van der Waals surface area contributed by atoms with Gasteiger partial charge in [-0.3, -0.25) is 24.2 Å². The van der Waals surface area contributed by atoms with Crippen LogP contribution >= 0.6 is 0 Å². The highest BCUT2D eigenvalue weighted by Gasteiger charge is 2.42. The van der Waals surface area contributed by atoms with Gasteiger partial charge >= 0.3 is 0 Å². The van der Waals surface area contributed by atoms with E-state index in [1.165, 1.54) is 5.56 Å². The van der Waals surface area contributed by atoms with Crippen LogP contribution in [0, 0.1) is 11.8 Å². The number of carbonyl (C=O) groups excluding carboxylic acids is 4. The number of Topliss-reactive ketones (excluding diaryl/α,β-unsaturated/α-hetero) is 1. The van der Waals surface area contributed by atoms with Crippen LogP contribution in [0.4, 0.5) is 0 Å². The highest BCUT2D eigenvalue weighted by molar-refractivity contribution is 5.94. The second-order valence-corrected chi connectivity index (χ2v) is 11.1. The Morgan fingerprint density at radius 2 is 1.57 bits per heavy atom. The predicted molar refractivity (Wildman–Crippen MR) is 157 cm³/mol. The molecule has 3 amide bonds. The quantitative estimate of drug-likeness (QED) is 0.330. The van der Waals surface area contributed by atoms with Crippen molar-refractivity contribution in [2.75, 3.05) is 46.6 Å². The summed E-state index contributed by atoms with van der Waals surface area (Å²) in [5.41, 5.74) is 2.68. The van der Waals surface area contributed by atoms with E-state index in [1.807, 2.05) is 30.3 Å². The summed E-state index contributed by atoms with van der Waals surface area (Å²) >= 11 is 0. The second kappa shape index (κ2) is 15.6. The molecule has 2 atom stereocenters. The summed E-state index contributed by atoms with van der Waals surface area (Å²) in [6.45, 7) is 3.83. The number of carbonyl (C=O) groups is 4. The number of ether oxygens (including phenoxy) is 2. The largest absolute Gasteiger partial charge is 0.377 e. The molecule has 2 aromatic rings. The van der Waals surface area contributed by atoms with Crippen molar-refractivity contribution < 1.29 is 28.7 Å². The molecular formula is C32H42N4O6. The Morgan fingerprint density at radius 3 is 2.19 bits per heavy atom. The van der Waals surface area contributed by atoms with Gasteiger partial charge in [0.1, 0.15) is 5.78 Å². The Kier molecular flexibility index (Phi) is 11.6. The summed E-state index contributed by atoms with van der Waals surface area (Å²) in [5.74, 6) is 0.101. The molecule has 2 N–H and O–H groups in total. The number of likely N-dealkylation sites (tertiary alicyclic amines) is 1. The first-order chi connectivity index (χ1) is 20.3. The van der Waals surface area contributed by atoms with Crippen LogP contribution in [0.1, 0.15) is 72.5 Å². The summed E-state index contributed by atoms with van der Waals surface area (Å²) in [6, 6.07) is 11.1. The molecule has 1 aliphatic carbocycles. The highest BCUT2D eigenvalue weighted by Crippen LogP contribution is 2.37. The van der Waals surface area contributed by atoms with Gasteiger partial charge in [0.2, 0.25) is 11.8 Å². The van der Waals surface area contributed by atoms with Crippen LogP contribution in [-0.2, 0) is 23.9 Å². The van der Waals surface area contributed by atoms with Gasteiger partial charge in [-0.05, 0) is 67.9 Å². The molecule has 2 fully saturated rings. The lowest BCUT2D eigenvalue weighted by atomic mass is 9.77. The Morgan fingerprint density at radius 1 is 0.905 bits per heavy atom. The first-order valence-corrected chi connectivity index (χ1v) is 14.8. The van der Waals surface area contributed by atoms with Crippen LogP contribution in [-0.4, -0.2) is 80.0 Å². The van der Waals surface area contributed by atoms with Gasteiger partial charge < -0.3 is 25.0 Å². The SMILES string of the molecule is CC(=O)C1CCC(c2ccc(C(=O)NCCOCCOCCNC(=O)[C@H]3CC(=O)N(C)[C@@H]3c3cccnc3)cc2)CC1. The van der Waals surface area contributed by atoms with Crippen LogP contribution in [0.5, 0.6) is 0 Å². The minimum atomic E-state index is -0.471. The van der Waals surface area contributed by atoms with Crippen molar-refractivity contribution in [3.05, 3.63) is 65.5 Å². The lowest BCUT2D eigenvalue weighted by Gasteiger charge is -2.27. The van der Waals surface area contributed by atoms with E-state index in [0.29, 0.717) is 56.8 Å². The van der Waals surface area contributed by atoms with Gasteiger partial charge in [0, 0.05) is 50.4 Å². The molecule has 226 valence electrons. The zero-order valence-electron chi connectivity index (χ0n) is 24.6. The summed E-state index contributed by atoms with van der Waals surface area (Å²) < 4.78 is 11.1. The van der Waals surface area contributed by atoms with E-state index < -0.39 is 5.92 Å². The van der Waals surface area contributed by atoms with E-state index in [-0.39, 0.29) is 36.1 Å². The average molecular weight is 579 g/mol. The van der Waals surface area contributed by atoms with E-state index in [2.05, 4.69) is 15.6 Å². The van der Waals surface area contributed by atoms with Crippen molar-refractivity contribution in [2.45, 2.75) is 51.0 Å². The van der Waals surface area contributed by atoms with E-state index in [0.717, 1.165) is 31.2 Å². The van der Waals surface area contributed by atoms with Gasteiger partial charge in [0.05, 0.1) is 38.4 Å².